The minimum Gasteiger partial charge on any atom is -0.443 e. The highest BCUT2D eigenvalue weighted by atomic mass is 16.5. The van der Waals surface area contributed by atoms with E-state index in [0.29, 0.717) is 35.9 Å². The summed E-state index contributed by atoms with van der Waals surface area (Å²) >= 11 is 0. The fourth-order valence-electron chi connectivity index (χ4n) is 3.78. The van der Waals surface area contributed by atoms with Crippen LogP contribution in [0.5, 0.6) is 0 Å². The zero-order chi connectivity index (χ0) is 16.7. The van der Waals surface area contributed by atoms with E-state index in [0.717, 1.165) is 26.1 Å². The van der Waals surface area contributed by atoms with Crippen molar-refractivity contribution >= 4 is 5.91 Å². The van der Waals surface area contributed by atoms with Gasteiger partial charge >= 0.3 is 0 Å². The van der Waals surface area contributed by atoms with E-state index in [1.54, 1.807) is 23.9 Å². The van der Waals surface area contributed by atoms with Crippen LogP contribution in [0.2, 0.25) is 0 Å². The minimum atomic E-state index is -0.116. The van der Waals surface area contributed by atoms with E-state index in [-0.39, 0.29) is 11.3 Å². The maximum Gasteiger partial charge on any atom is 0.258 e. The first-order valence-corrected chi connectivity index (χ1v) is 8.17. The summed E-state index contributed by atoms with van der Waals surface area (Å²) in [5, 5.41) is 9.59. The number of rotatable bonds is 2. The fourth-order valence-corrected chi connectivity index (χ4v) is 3.78. The Morgan fingerprint density at radius 1 is 1.33 bits per heavy atom. The molecule has 4 rings (SSSR count). The Morgan fingerprint density at radius 3 is 2.79 bits per heavy atom. The van der Waals surface area contributed by atoms with Gasteiger partial charge in [-0.2, -0.15) is 5.26 Å². The Morgan fingerprint density at radius 2 is 2.12 bits per heavy atom. The molecule has 2 fully saturated rings. The first kappa shape index (κ1) is 15.0. The number of nitriles is 1. The molecule has 0 aliphatic carbocycles. The third-order valence-corrected chi connectivity index (χ3v) is 5.14. The predicted octanol–water partition coefficient (Wildman–Crippen LogP) is 2.50. The molecule has 2 aliphatic heterocycles. The van der Waals surface area contributed by atoms with E-state index in [4.69, 9.17) is 9.15 Å². The van der Waals surface area contributed by atoms with E-state index in [9.17, 15) is 10.1 Å². The smallest absolute Gasteiger partial charge is 0.258 e. The largest absolute Gasteiger partial charge is 0.443 e. The van der Waals surface area contributed by atoms with Crippen molar-refractivity contribution in [2.75, 3.05) is 26.3 Å². The van der Waals surface area contributed by atoms with Gasteiger partial charge in [0.1, 0.15) is 23.0 Å². The van der Waals surface area contributed by atoms with Gasteiger partial charge in [0.2, 0.25) is 5.88 Å². The third kappa shape index (κ3) is 2.24. The maximum absolute atomic E-state index is 13.0. The van der Waals surface area contributed by atoms with Crippen LogP contribution in [0.15, 0.2) is 28.9 Å². The molecule has 2 aliphatic rings. The first-order valence-electron chi connectivity index (χ1n) is 8.17. The molecule has 1 spiro atoms. The third-order valence-electron chi connectivity index (χ3n) is 5.14. The molecule has 0 N–H and O–H groups in total. The number of hydrogen-bond donors (Lipinski definition) is 0. The summed E-state index contributed by atoms with van der Waals surface area (Å²) in [6.45, 7) is 4.64. The van der Waals surface area contributed by atoms with E-state index in [1.807, 2.05) is 17.0 Å². The molecule has 2 saturated heterocycles. The minimum absolute atomic E-state index is 0.101. The summed E-state index contributed by atoms with van der Waals surface area (Å²) in [5.41, 5.74) is 0.790. The molecule has 6 nitrogen and oxygen atoms in total. The summed E-state index contributed by atoms with van der Waals surface area (Å²) in [4.78, 5) is 14.9. The van der Waals surface area contributed by atoms with Gasteiger partial charge in [-0.1, -0.05) is 0 Å². The molecule has 1 amide bonds. The number of nitrogens with zero attached hydrogens (tertiary/aromatic N) is 3. The standard InChI is InChI=1S/C18H19N3O3/c1-13-15(14(10-19)17(24-13)20-6-2-3-7-20)16(22)21-8-4-18(11-21)5-9-23-12-18/h2-3,6-7H,4-5,8-9,11-12H2,1H3/t18-/m0/s1. The van der Waals surface area contributed by atoms with Gasteiger partial charge in [-0.25, -0.2) is 0 Å². The van der Waals surface area contributed by atoms with E-state index in [2.05, 4.69) is 6.07 Å². The molecule has 0 radical (unpaired) electrons. The summed E-state index contributed by atoms with van der Waals surface area (Å²) in [7, 11) is 0. The molecule has 0 unspecified atom stereocenters. The highest BCUT2D eigenvalue weighted by Crippen LogP contribution is 2.39. The van der Waals surface area contributed by atoms with Crippen LogP contribution in [0.4, 0.5) is 0 Å². The molecule has 1 atom stereocenters. The topological polar surface area (TPSA) is 71.4 Å². The van der Waals surface area contributed by atoms with Gasteiger partial charge in [-0.3, -0.25) is 9.36 Å². The van der Waals surface area contributed by atoms with Crippen LogP contribution < -0.4 is 0 Å². The van der Waals surface area contributed by atoms with Crippen LogP contribution in [0.1, 0.15) is 34.5 Å². The van der Waals surface area contributed by atoms with Crippen molar-refractivity contribution in [3.05, 3.63) is 41.4 Å². The van der Waals surface area contributed by atoms with Crippen LogP contribution in [0.3, 0.4) is 0 Å². The molecule has 0 aromatic carbocycles. The first-order chi connectivity index (χ1) is 11.6. The molecular formula is C18H19N3O3. The van der Waals surface area contributed by atoms with E-state index in [1.165, 1.54) is 0 Å². The summed E-state index contributed by atoms with van der Waals surface area (Å²) in [5.74, 6) is 0.778. The summed E-state index contributed by atoms with van der Waals surface area (Å²) in [6.07, 6.45) is 5.56. The molecule has 6 heteroatoms. The molecule has 24 heavy (non-hydrogen) atoms. The number of carbonyl (C=O) groups is 1. The number of aryl methyl sites for hydroxylation is 1. The molecule has 0 bridgehead atoms. The zero-order valence-electron chi connectivity index (χ0n) is 13.6. The Hall–Kier alpha value is -2.52. The lowest BCUT2D eigenvalue weighted by Gasteiger charge is -2.21. The number of aromatic nitrogens is 1. The number of furan rings is 1. The van der Waals surface area contributed by atoms with Gasteiger partial charge in [0, 0.05) is 37.5 Å². The molecule has 124 valence electrons. The van der Waals surface area contributed by atoms with Crippen molar-refractivity contribution < 1.29 is 13.9 Å². The Labute approximate surface area is 140 Å². The van der Waals surface area contributed by atoms with Crippen molar-refractivity contribution in [1.29, 1.82) is 5.26 Å². The van der Waals surface area contributed by atoms with Crippen LogP contribution >= 0.6 is 0 Å². The Balaban J connectivity index is 1.67. The lowest BCUT2D eigenvalue weighted by molar-refractivity contribution is 0.0763. The van der Waals surface area contributed by atoms with Gasteiger partial charge < -0.3 is 14.1 Å². The van der Waals surface area contributed by atoms with Gasteiger partial charge in [0.05, 0.1) is 6.61 Å². The monoisotopic (exact) mass is 325 g/mol. The zero-order valence-corrected chi connectivity index (χ0v) is 13.6. The lowest BCUT2D eigenvalue weighted by atomic mass is 9.87. The number of ether oxygens (including phenoxy) is 1. The number of carbonyl (C=O) groups excluding carboxylic acids is 1. The fraction of sp³-hybridized carbons (Fsp3) is 0.444. The average Bonchev–Trinajstić information content (AvgIpc) is 3.34. The molecule has 0 saturated carbocycles. The normalized spacial score (nSPS) is 23.1. The maximum atomic E-state index is 13.0. The predicted molar refractivity (Wildman–Crippen MR) is 85.9 cm³/mol. The van der Waals surface area contributed by atoms with Crippen molar-refractivity contribution in [3.63, 3.8) is 0 Å². The number of hydrogen-bond acceptors (Lipinski definition) is 4. The van der Waals surface area contributed by atoms with Crippen LogP contribution in [0.25, 0.3) is 5.88 Å². The Bertz CT molecular complexity index is 807. The highest BCUT2D eigenvalue weighted by Gasteiger charge is 2.44. The van der Waals surface area contributed by atoms with Crippen molar-refractivity contribution in [1.82, 2.24) is 9.47 Å². The SMILES string of the molecule is Cc1oc(-n2cccc2)c(C#N)c1C(=O)N1CC[C@]2(CCOC2)C1. The molecule has 2 aromatic rings. The highest BCUT2D eigenvalue weighted by molar-refractivity contribution is 5.98. The average molecular weight is 325 g/mol. The van der Waals surface area contributed by atoms with Gasteiger partial charge in [-0.15, -0.1) is 0 Å². The van der Waals surface area contributed by atoms with Gasteiger partial charge in [0.15, 0.2) is 0 Å². The lowest BCUT2D eigenvalue weighted by Crippen LogP contribution is -2.33. The number of amides is 1. The molecular weight excluding hydrogens is 306 g/mol. The van der Waals surface area contributed by atoms with Crippen molar-refractivity contribution in [3.8, 4) is 12.0 Å². The second-order valence-corrected chi connectivity index (χ2v) is 6.69. The van der Waals surface area contributed by atoms with Crippen LogP contribution in [-0.4, -0.2) is 41.7 Å². The van der Waals surface area contributed by atoms with E-state index < -0.39 is 0 Å². The van der Waals surface area contributed by atoms with Crippen molar-refractivity contribution in [2.24, 2.45) is 5.41 Å². The molecule has 2 aromatic heterocycles. The van der Waals surface area contributed by atoms with Gasteiger partial charge in [-0.05, 0) is 31.9 Å². The second kappa shape index (κ2) is 5.53. The Kier molecular flexibility index (Phi) is 3.47. The molecule has 4 heterocycles. The van der Waals surface area contributed by atoms with Crippen LogP contribution in [-0.2, 0) is 4.74 Å². The number of likely N-dealkylation sites (tertiary alicyclic amines) is 1. The summed E-state index contributed by atoms with van der Waals surface area (Å²) in [6, 6.07) is 5.86. The second-order valence-electron chi connectivity index (χ2n) is 6.69. The van der Waals surface area contributed by atoms with Gasteiger partial charge in [0.25, 0.3) is 5.91 Å². The van der Waals surface area contributed by atoms with E-state index >= 15 is 0 Å². The quantitative estimate of drug-likeness (QED) is 0.850. The van der Waals surface area contributed by atoms with Crippen LogP contribution in [0, 0.1) is 23.7 Å². The summed E-state index contributed by atoms with van der Waals surface area (Å²) < 4.78 is 13.0. The van der Waals surface area contributed by atoms with Crippen molar-refractivity contribution in [2.45, 2.75) is 19.8 Å².